The van der Waals surface area contributed by atoms with Gasteiger partial charge in [-0.2, -0.15) is 0 Å². The van der Waals surface area contributed by atoms with E-state index in [1.54, 1.807) is 12.3 Å². The van der Waals surface area contributed by atoms with Gasteiger partial charge < -0.3 is 16.3 Å². The van der Waals surface area contributed by atoms with Crippen molar-refractivity contribution in [2.75, 3.05) is 5.32 Å². The lowest BCUT2D eigenvalue weighted by molar-refractivity contribution is 0.318. The van der Waals surface area contributed by atoms with Crippen LogP contribution in [0.4, 0.5) is 5.69 Å². The molecule has 0 fully saturated rings. The fourth-order valence-corrected chi connectivity index (χ4v) is 2.92. The second-order valence-electron chi connectivity index (χ2n) is 4.83. The Kier molecular flexibility index (Phi) is 4.80. The van der Waals surface area contributed by atoms with Gasteiger partial charge in [-0.3, -0.25) is 4.98 Å². The topological polar surface area (TPSA) is 83.5 Å². The van der Waals surface area contributed by atoms with E-state index in [0.717, 1.165) is 15.7 Å². The van der Waals surface area contributed by atoms with Gasteiger partial charge in [0.2, 0.25) is 0 Å². The Hall–Kier alpha value is -2.08. The molecule has 1 heterocycles. The largest absolute Gasteiger partial charge is 0.409 e. The van der Waals surface area contributed by atoms with E-state index in [4.69, 9.17) is 10.9 Å². The van der Waals surface area contributed by atoms with Crippen LogP contribution in [0.2, 0.25) is 0 Å². The molecule has 0 atom stereocenters. The summed E-state index contributed by atoms with van der Waals surface area (Å²) in [6, 6.07) is 7.88. The summed E-state index contributed by atoms with van der Waals surface area (Å²) in [5, 5.41) is 15.0. The van der Waals surface area contributed by atoms with Crippen LogP contribution in [0.15, 0.2) is 40.1 Å². The zero-order chi connectivity index (χ0) is 15.4. The van der Waals surface area contributed by atoms with Crippen LogP contribution in [-0.4, -0.2) is 16.0 Å². The third-order valence-corrected chi connectivity index (χ3v) is 3.72. The van der Waals surface area contributed by atoms with Crippen LogP contribution in [0.5, 0.6) is 0 Å². The lowest BCUT2D eigenvalue weighted by Crippen LogP contribution is -2.15. The highest BCUT2D eigenvalue weighted by Gasteiger charge is 2.06. The van der Waals surface area contributed by atoms with Gasteiger partial charge in [-0.05, 0) is 64.7 Å². The van der Waals surface area contributed by atoms with Gasteiger partial charge in [-0.15, -0.1) is 0 Å². The highest BCUT2D eigenvalue weighted by molar-refractivity contribution is 9.10. The maximum atomic E-state index is 8.69. The average molecular weight is 349 g/mol. The Morgan fingerprint density at radius 2 is 2.14 bits per heavy atom. The van der Waals surface area contributed by atoms with E-state index in [-0.39, 0.29) is 5.84 Å². The Labute approximate surface area is 132 Å². The van der Waals surface area contributed by atoms with Gasteiger partial charge in [-0.1, -0.05) is 11.2 Å². The first-order valence-corrected chi connectivity index (χ1v) is 7.24. The SMILES string of the molecule is Cc1cc(C)c(NCc2ccnc(/C(N)=N/O)c2)c(Br)c1. The molecule has 0 aliphatic rings. The number of pyridine rings is 1. The summed E-state index contributed by atoms with van der Waals surface area (Å²) in [6.45, 7) is 4.75. The van der Waals surface area contributed by atoms with E-state index >= 15 is 0 Å². The molecule has 0 amide bonds. The van der Waals surface area contributed by atoms with Crippen LogP contribution in [0.3, 0.4) is 0 Å². The third kappa shape index (κ3) is 3.72. The number of benzene rings is 1. The molecule has 0 aliphatic heterocycles. The van der Waals surface area contributed by atoms with Gasteiger partial charge in [-0.25, -0.2) is 0 Å². The Morgan fingerprint density at radius 1 is 1.38 bits per heavy atom. The minimum absolute atomic E-state index is 0.00421. The Bertz CT molecular complexity index is 662. The fourth-order valence-electron chi connectivity index (χ4n) is 2.11. The minimum atomic E-state index is 0.00421. The summed E-state index contributed by atoms with van der Waals surface area (Å²) in [5.41, 5.74) is 10.4. The lowest BCUT2D eigenvalue weighted by atomic mass is 10.1. The van der Waals surface area contributed by atoms with Gasteiger partial charge in [0, 0.05) is 17.2 Å². The average Bonchev–Trinajstić information content (AvgIpc) is 2.45. The zero-order valence-corrected chi connectivity index (χ0v) is 13.5. The predicted octanol–water partition coefficient (Wildman–Crippen LogP) is 3.17. The molecule has 5 nitrogen and oxygen atoms in total. The van der Waals surface area contributed by atoms with E-state index in [1.165, 1.54) is 11.1 Å². The molecule has 110 valence electrons. The number of hydrogen-bond acceptors (Lipinski definition) is 4. The minimum Gasteiger partial charge on any atom is -0.409 e. The molecule has 0 radical (unpaired) electrons. The summed E-state index contributed by atoms with van der Waals surface area (Å²) < 4.78 is 1.03. The first kappa shape index (κ1) is 15.3. The van der Waals surface area contributed by atoms with Crippen LogP contribution < -0.4 is 11.1 Å². The normalized spacial score (nSPS) is 11.5. The van der Waals surface area contributed by atoms with E-state index in [2.05, 4.69) is 57.4 Å². The van der Waals surface area contributed by atoms with Crippen molar-refractivity contribution < 1.29 is 5.21 Å². The first-order valence-electron chi connectivity index (χ1n) is 6.44. The van der Waals surface area contributed by atoms with E-state index in [0.29, 0.717) is 12.2 Å². The summed E-state index contributed by atoms with van der Waals surface area (Å²) in [5.74, 6) is 0.00421. The molecule has 0 spiro atoms. The summed E-state index contributed by atoms with van der Waals surface area (Å²) in [6.07, 6.45) is 1.64. The standard InChI is InChI=1S/C15H17BrN4O/c1-9-5-10(2)14(12(16)6-9)19-8-11-3-4-18-13(7-11)15(17)20-21/h3-7,19,21H,8H2,1-2H3,(H2,17,20). The molecule has 0 saturated heterocycles. The molecule has 2 rings (SSSR count). The number of amidine groups is 1. The van der Waals surface area contributed by atoms with Gasteiger partial charge in [0.15, 0.2) is 5.84 Å². The molecule has 1 aromatic heterocycles. The van der Waals surface area contributed by atoms with Crippen molar-refractivity contribution in [3.63, 3.8) is 0 Å². The molecular weight excluding hydrogens is 332 g/mol. The molecular formula is C15H17BrN4O. The van der Waals surface area contributed by atoms with Crippen LogP contribution in [0, 0.1) is 13.8 Å². The number of oxime groups is 1. The van der Waals surface area contributed by atoms with Crippen molar-refractivity contribution in [3.05, 3.63) is 57.3 Å². The van der Waals surface area contributed by atoms with Crippen LogP contribution in [0.1, 0.15) is 22.4 Å². The molecule has 0 saturated carbocycles. The van der Waals surface area contributed by atoms with Gasteiger partial charge in [0.1, 0.15) is 5.69 Å². The number of nitrogens with zero attached hydrogens (tertiary/aromatic N) is 2. The number of halogens is 1. The highest BCUT2D eigenvalue weighted by atomic mass is 79.9. The molecule has 6 heteroatoms. The van der Waals surface area contributed by atoms with Crippen molar-refractivity contribution in [2.24, 2.45) is 10.9 Å². The molecule has 1 aromatic carbocycles. The number of aryl methyl sites for hydroxylation is 2. The Balaban J connectivity index is 2.17. The second kappa shape index (κ2) is 6.58. The third-order valence-electron chi connectivity index (χ3n) is 3.10. The number of nitrogens with two attached hydrogens (primary N) is 1. The van der Waals surface area contributed by atoms with Crippen molar-refractivity contribution in [3.8, 4) is 0 Å². The number of anilines is 1. The maximum absolute atomic E-state index is 8.69. The number of nitrogens with one attached hydrogen (secondary N) is 1. The first-order chi connectivity index (χ1) is 10.0. The fraction of sp³-hybridized carbons (Fsp3) is 0.200. The van der Waals surface area contributed by atoms with Gasteiger partial charge in [0.05, 0.1) is 5.69 Å². The van der Waals surface area contributed by atoms with Crippen molar-refractivity contribution in [1.82, 2.24) is 4.98 Å². The smallest absolute Gasteiger partial charge is 0.188 e. The Morgan fingerprint density at radius 3 is 2.81 bits per heavy atom. The predicted molar refractivity (Wildman–Crippen MR) is 87.7 cm³/mol. The summed E-state index contributed by atoms with van der Waals surface area (Å²) >= 11 is 3.57. The molecule has 0 unspecified atom stereocenters. The summed E-state index contributed by atoms with van der Waals surface area (Å²) in [4.78, 5) is 4.06. The summed E-state index contributed by atoms with van der Waals surface area (Å²) in [7, 11) is 0. The van der Waals surface area contributed by atoms with Crippen molar-refractivity contribution in [1.29, 1.82) is 0 Å². The lowest BCUT2D eigenvalue weighted by Gasteiger charge is -2.13. The second-order valence-corrected chi connectivity index (χ2v) is 5.68. The zero-order valence-electron chi connectivity index (χ0n) is 11.9. The van der Waals surface area contributed by atoms with E-state index in [9.17, 15) is 0 Å². The van der Waals surface area contributed by atoms with Crippen LogP contribution in [0.25, 0.3) is 0 Å². The number of hydrogen-bond donors (Lipinski definition) is 3. The van der Waals surface area contributed by atoms with Crippen molar-refractivity contribution in [2.45, 2.75) is 20.4 Å². The number of rotatable bonds is 4. The monoisotopic (exact) mass is 348 g/mol. The molecule has 21 heavy (non-hydrogen) atoms. The quantitative estimate of drug-likeness (QED) is 0.343. The van der Waals surface area contributed by atoms with E-state index in [1.807, 2.05) is 6.07 Å². The molecule has 4 N–H and O–H groups in total. The molecule has 2 aromatic rings. The maximum Gasteiger partial charge on any atom is 0.188 e. The molecule has 0 bridgehead atoms. The molecule has 0 aliphatic carbocycles. The van der Waals surface area contributed by atoms with Crippen LogP contribution >= 0.6 is 15.9 Å². The van der Waals surface area contributed by atoms with Gasteiger partial charge >= 0.3 is 0 Å². The van der Waals surface area contributed by atoms with E-state index < -0.39 is 0 Å². The van der Waals surface area contributed by atoms with Crippen LogP contribution in [-0.2, 0) is 6.54 Å². The number of aromatic nitrogens is 1. The highest BCUT2D eigenvalue weighted by Crippen LogP contribution is 2.28. The van der Waals surface area contributed by atoms with Gasteiger partial charge in [0.25, 0.3) is 0 Å². The van der Waals surface area contributed by atoms with Crippen molar-refractivity contribution >= 4 is 27.5 Å².